The van der Waals surface area contributed by atoms with E-state index in [0.717, 1.165) is 11.4 Å². The first-order valence-electron chi connectivity index (χ1n) is 5.97. The minimum absolute atomic E-state index is 0.0151. The molecule has 0 bridgehead atoms. The molecule has 1 atom stereocenters. The van der Waals surface area contributed by atoms with E-state index in [4.69, 9.17) is 5.11 Å². The molecule has 1 heterocycles. The first kappa shape index (κ1) is 15.2. The summed E-state index contributed by atoms with van der Waals surface area (Å²) in [5, 5.41) is 15.8. The average molecular weight is 268 g/mol. The molecule has 1 unspecified atom stereocenters. The van der Waals surface area contributed by atoms with Gasteiger partial charge in [0.15, 0.2) is 0 Å². The summed E-state index contributed by atoms with van der Waals surface area (Å²) in [5.74, 6) is -1.21. The van der Waals surface area contributed by atoms with Crippen LogP contribution in [0.1, 0.15) is 18.3 Å². The predicted molar refractivity (Wildman–Crippen MR) is 71.0 cm³/mol. The molecule has 106 valence electrons. The SMILES string of the molecule is Cc1nn(C)c(C)c1NC(=O)CN(C)C(C)C(=O)O. The largest absolute Gasteiger partial charge is 0.480 e. The predicted octanol–water partition coefficient (Wildman–Crippen LogP) is 0.380. The Kier molecular flexibility index (Phi) is 4.66. The van der Waals surface area contributed by atoms with Crippen LogP contribution in [0.4, 0.5) is 5.69 Å². The molecule has 7 heteroatoms. The van der Waals surface area contributed by atoms with Crippen LogP contribution in [0.2, 0.25) is 0 Å². The lowest BCUT2D eigenvalue weighted by Crippen LogP contribution is -2.40. The van der Waals surface area contributed by atoms with Gasteiger partial charge in [-0.05, 0) is 27.8 Å². The number of rotatable bonds is 5. The fraction of sp³-hybridized carbons (Fsp3) is 0.583. The Morgan fingerprint density at radius 2 is 2.05 bits per heavy atom. The normalized spacial score (nSPS) is 12.5. The van der Waals surface area contributed by atoms with E-state index in [-0.39, 0.29) is 12.5 Å². The van der Waals surface area contributed by atoms with Crippen LogP contribution in [-0.4, -0.2) is 51.3 Å². The van der Waals surface area contributed by atoms with Crippen LogP contribution in [0.15, 0.2) is 0 Å². The fourth-order valence-electron chi connectivity index (χ4n) is 1.69. The molecule has 0 aliphatic carbocycles. The Morgan fingerprint density at radius 3 is 2.47 bits per heavy atom. The zero-order chi connectivity index (χ0) is 14.7. The molecule has 19 heavy (non-hydrogen) atoms. The van der Waals surface area contributed by atoms with Crippen molar-refractivity contribution in [1.29, 1.82) is 0 Å². The molecular formula is C12H20N4O3. The second-order valence-electron chi connectivity index (χ2n) is 4.65. The maximum absolute atomic E-state index is 11.9. The number of aliphatic carboxylic acids is 1. The molecule has 1 aromatic heterocycles. The summed E-state index contributed by atoms with van der Waals surface area (Å²) in [6.45, 7) is 5.23. The van der Waals surface area contributed by atoms with Crippen molar-refractivity contribution in [2.45, 2.75) is 26.8 Å². The van der Waals surface area contributed by atoms with Gasteiger partial charge in [0.05, 0.1) is 23.6 Å². The van der Waals surface area contributed by atoms with E-state index in [2.05, 4.69) is 10.4 Å². The lowest BCUT2D eigenvalue weighted by Gasteiger charge is -2.20. The minimum Gasteiger partial charge on any atom is -0.480 e. The topological polar surface area (TPSA) is 87.5 Å². The van der Waals surface area contributed by atoms with Crippen molar-refractivity contribution in [1.82, 2.24) is 14.7 Å². The van der Waals surface area contributed by atoms with Gasteiger partial charge in [0.25, 0.3) is 0 Å². The molecule has 1 amide bonds. The van der Waals surface area contributed by atoms with Crippen LogP contribution < -0.4 is 5.32 Å². The smallest absolute Gasteiger partial charge is 0.320 e. The van der Waals surface area contributed by atoms with Crippen LogP contribution in [0, 0.1) is 13.8 Å². The number of anilines is 1. The lowest BCUT2D eigenvalue weighted by atomic mass is 10.3. The molecule has 0 radical (unpaired) electrons. The number of hydrogen-bond acceptors (Lipinski definition) is 4. The van der Waals surface area contributed by atoms with Gasteiger partial charge in [-0.15, -0.1) is 0 Å². The van der Waals surface area contributed by atoms with Gasteiger partial charge in [-0.2, -0.15) is 5.10 Å². The summed E-state index contributed by atoms with van der Waals surface area (Å²) in [5.41, 5.74) is 2.28. The Bertz CT molecular complexity index is 495. The van der Waals surface area contributed by atoms with Crippen LogP contribution in [0.5, 0.6) is 0 Å². The maximum atomic E-state index is 11.9. The second-order valence-corrected chi connectivity index (χ2v) is 4.65. The summed E-state index contributed by atoms with van der Waals surface area (Å²) >= 11 is 0. The molecule has 7 nitrogen and oxygen atoms in total. The van der Waals surface area contributed by atoms with Crippen molar-refractivity contribution < 1.29 is 14.7 Å². The molecule has 0 aromatic carbocycles. The van der Waals surface area contributed by atoms with Gasteiger partial charge in [-0.3, -0.25) is 19.2 Å². The number of aryl methyl sites for hydroxylation is 2. The number of nitrogens with zero attached hydrogens (tertiary/aromatic N) is 3. The van der Waals surface area contributed by atoms with E-state index in [9.17, 15) is 9.59 Å². The van der Waals surface area contributed by atoms with Gasteiger partial charge in [-0.25, -0.2) is 0 Å². The third-order valence-electron chi connectivity index (χ3n) is 3.18. The molecular weight excluding hydrogens is 248 g/mol. The van der Waals surface area contributed by atoms with Crippen molar-refractivity contribution in [2.24, 2.45) is 7.05 Å². The van der Waals surface area contributed by atoms with Gasteiger partial charge in [0.1, 0.15) is 6.04 Å². The molecule has 0 aliphatic heterocycles. The second kappa shape index (κ2) is 5.83. The third kappa shape index (κ3) is 3.54. The quantitative estimate of drug-likeness (QED) is 0.806. The molecule has 0 fully saturated rings. The number of carboxylic acids is 1. The summed E-state index contributed by atoms with van der Waals surface area (Å²) < 4.78 is 1.69. The number of carbonyl (C=O) groups is 2. The highest BCUT2D eigenvalue weighted by atomic mass is 16.4. The van der Waals surface area contributed by atoms with E-state index in [1.165, 1.54) is 11.8 Å². The Balaban J connectivity index is 2.68. The Morgan fingerprint density at radius 1 is 1.47 bits per heavy atom. The van der Waals surface area contributed by atoms with Crippen molar-refractivity contribution in [2.75, 3.05) is 18.9 Å². The highest BCUT2D eigenvalue weighted by Crippen LogP contribution is 2.18. The van der Waals surface area contributed by atoms with E-state index in [1.807, 2.05) is 13.8 Å². The first-order chi connectivity index (χ1) is 8.73. The van der Waals surface area contributed by atoms with Crippen LogP contribution >= 0.6 is 0 Å². The maximum Gasteiger partial charge on any atom is 0.320 e. The monoisotopic (exact) mass is 268 g/mol. The fourth-order valence-corrected chi connectivity index (χ4v) is 1.69. The van der Waals surface area contributed by atoms with Crippen molar-refractivity contribution in [3.05, 3.63) is 11.4 Å². The van der Waals surface area contributed by atoms with Crippen LogP contribution in [0.3, 0.4) is 0 Å². The van der Waals surface area contributed by atoms with Crippen molar-refractivity contribution in [3.8, 4) is 0 Å². The Labute approximate surface area is 112 Å². The third-order valence-corrected chi connectivity index (χ3v) is 3.18. The number of likely N-dealkylation sites (N-methyl/N-ethyl adjacent to an activating group) is 1. The number of amides is 1. The van der Waals surface area contributed by atoms with E-state index < -0.39 is 12.0 Å². The van der Waals surface area contributed by atoms with Gasteiger partial charge < -0.3 is 10.4 Å². The number of hydrogen-bond donors (Lipinski definition) is 2. The number of nitrogens with one attached hydrogen (secondary N) is 1. The number of carboxylic acid groups (broad SMARTS) is 1. The highest BCUT2D eigenvalue weighted by molar-refractivity contribution is 5.93. The zero-order valence-corrected chi connectivity index (χ0v) is 11.9. The van der Waals surface area contributed by atoms with Crippen LogP contribution in [0.25, 0.3) is 0 Å². The molecule has 0 saturated carbocycles. The van der Waals surface area contributed by atoms with Crippen LogP contribution in [-0.2, 0) is 16.6 Å². The molecule has 1 rings (SSSR count). The van der Waals surface area contributed by atoms with E-state index in [0.29, 0.717) is 5.69 Å². The summed E-state index contributed by atoms with van der Waals surface area (Å²) in [7, 11) is 3.40. The van der Waals surface area contributed by atoms with Crippen molar-refractivity contribution in [3.63, 3.8) is 0 Å². The number of carbonyl (C=O) groups excluding carboxylic acids is 1. The summed E-state index contributed by atoms with van der Waals surface area (Å²) in [6, 6.07) is -0.707. The standard InChI is InChI=1S/C12H20N4O3/c1-7-11(8(2)16(5)14-7)13-10(17)6-15(4)9(3)12(18)19/h9H,6H2,1-5H3,(H,13,17)(H,18,19). The highest BCUT2D eigenvalue weighted by Gasteiger charge is 2.20. The summed E-state index contributed by atoms with van der Waals surface area (Å²) in [6.07, 6.45) is 0. The van der Waals surface area contributed by atoms with Gasteiger partial charge in [0.2, 0.25) is 5.91 Å². The van der Waals surface area contributed by atoms with Gasteiger partial charge in [-0.1, -0.05) is 0 Å². The van der Waals surface area contributed by atoms with Crippen molar-refractivity contribution >= 4 is 17.6 Å². The molecule has 0 aliphatic rings. The van der Waals surface area contributed by atoms with Gasteiger partial charge in [0, 0.05) is 7.05 Å². The number of aromatic nitrogens is 2. The van der Waals surface area contributed by atoms with Gasteiger partial charge >= 0.3 is 5.97 Å². The molecule has 1 aromatic rings. The lowest BCUT2D eigenvalue weighted by molar-refractivity contribution is -0.142. The molecule has 2 N–H and O–H groups in total. The molecule has 0 saturated heterocycles. The summed E-state index contributed by atoms with van der Waals surface area (Å²) in [4.78, 5) is 24.2. The average Bonchev–Trinajstić information content (AvgIpc) is 2.54. The zero-order valence-electron chi connectivity index (χ0n) is 11.9. The Hall–Kier alpha value is -1.89. The van der Waals surface area contributed by atoms with E-state index >= 15 is 0 Å². The molecule has 0 spiro atoms. The minimum atomic E-state index is -0.955. The first-order valence-corrected chi connectivity index (χ1v) is 5.97. The van der Waals surface area contributed by atoms with E-state index in [1.54, 1.807) is 18.8 Å².